The van der Waals surface area contributed by atoms with Crippen molar-refractivity contribution in [3.63, 3.8) is 0 Å². The molecule has 0 fully saturated rings. The molecule has 0 spiro atoms. The molecule has 2 nitrogen and oxygen atoms in total. The van der Waals surface area contributed by atoms with Gasteiger partial charge < -0.3 is 9.47 Å². The average Bonchev–Trinajstić information content (AvgIpc) is 4.13. The molecule has 0 amide bonds. The molecule has 0 saturated heterocycles. The molecule has 0 radical (unpaired) electrons. The molecule has 0 saturated carbocycles. The zero-order chi connectivity index (χ0) is 50.5. The smallest absolute Gasteiger partial charge is 0.0541 e. The topological polar surface area (TPSA) is 8.17 Å². The average molecular weight is 987 g/mol. The highest BCUT2D eigenvalue weighted by molar-refractivity contribution is 7.26. The maximum absolute atomic E-state index is 2.49. The number of fused-ring (bicyclic) bond motifs is 10. The molecule has 76 heavy (non-hydrogen) atoms. The molecule has 14 aromatic rings. The van der Waals surface area contributed by atoms with Gasteiger partial charge in [-0.1, -0.05) is 196 Å². The molecular formula is C73H50N2S. The molecule has 1 aliphatic rings. The normalized spacial score (nSPS) is 12.7. The van der Waals surface area contributed by atoms with Crippen LogP contribution < -0.4 is 4.90 Å². The summed E-state index contributed by atoms with van der Waals surface area (Å²) >= 11 is 1.89. The number of thiophene rings is 1. The highest BCUT2D eigenvalue weighted by Gasteiger charge is 2.36. The first-order valence-corrected chi connectivity index (χ1v) is 27.1. The Hall–Kier alpha value is -9.28. The molecule has 358 valence electrons. The summed E-state index contributed by atoms with van der Waals surface area (Å²) in [5.41, 5.74) is 21.5. The number of anilines is 3. The maximum Gasteiger partial charge on any atom is 0.0541 e. The van der Waals surface area contributed by atoms with Crippen LogP contribution in [0.2, 0.25) is 0 Å². The second kappa shape index (κ2) is 17.4. The number of aromatic nitrogens is 1. The van der Waals surface area contributed by atoms with Crippen molar-refractivity contribution in [1.82, 2.24) is 4.57 Å². The molecule has 0 atom stereocenters. The van der Waals surface area contributed by atoms with Gasteiger partial charge in [-0.3, -0.25) is 0 Å². The van der Waals surface area contributed by atoms with E-state index in [1.54, 1.807) is 0 Å². The van der Waals surface area contributed by atoms with E-state index in [4.69, 9.17) is 0 Å². The van der Waals surface area contributed by atoms with Gasteiger partial charge in [-0.15, -0.1) is 11.3 Å². The van der Waals surface area contributed by atoms with E-state index in [-0.39, 0.29) is 5.41 Å². The van der Waals surface area contributed by atoms with Crippen LogP contribution in [0.25, 0.3) is 114 Å². The molecular weight excluding hydrogens is 937 g/mol. The summed E-state index contributed by atoms with van der Waals surface area (Å²) < 4.78 is 5.03. The summed E-state index contributed by atoms with van der Waals surface area (Å²) in [5.74, 6) is 0. The van der Waals surface area contributed by atoms with E-state index in [0.717, 1.165) is 33.9 Å². The third kappa shape index (κ3) is 7.15. The highest BCUT2D eigenvalue weighted by Crippen LogP contribution is 2.52. The lowest BCUT2D eigenvalue weighted by Crippen LogP contribution is -2.16. The Morgan fingerprint density at radius 1 is 0.329 bits per heavy atom. The monoisotopic (exact) mass is 986 g/mol. The van der Waals surface area contributed by atoms with E-state index < -0.39 is 0 Å². The van der Waals surface area contributed by atoms with Crippen molar-refractivity contribution in [2.45, 2.75) is 19.3 Å². The van der Waals surface area contributed by atoms with Crippen molar-refractivity contribution < 1.29 is 0 Å². The van der Waals surface area contributed by atoms with Gasteiger partial charge in [0.25, 0.3) is 0 Å². The number of hydrogen-bond donors (Lipinski definition) is 0. The van der Waals surface area contributed by atoms with Gasteiger partial charge in [0.2, 0.25) is 0 Å². The highest BCUT2D eigenvalue weighted by atomic mass is 32.1. The minimum atomic E-state index is -0.172. The number of benzene rings is 12. The minimum Gasteiger partial charge on any atom is -0.310 e. The van der Waals surface area contributed by atoms with Crippen molar-refractivity contribution in [2.75, 3.05) is 4.90 Å². The SMILES string of the molecule is CC1(C)c2ccccc2-c2ccc(N(c3ccc(-c4ccc5ccccc5c4)cc3)c3cc(-c4ccc5c(c4)c4ccccc4n5-c4cccc(-c5ccccc5)c4)cc(-c4cccc5c4sc4ccccc45)c3)cc21. The number of para-hydroxylation sites is 1. The maximum atomic E-state index is 2.49. The Kier molecular flexibility index (Phi) is 10.1. The lowest BCUT2D eigenvalue weighted by atomic mass is 9.82. The molecule has 2 heterocycles. The molecule has 0 bridgehead atoms. The van der Waals surface area contributed by atoms with Gasteiger partial charge in [0.05, 0.1) is 11.0 Å². The Balaban J connectivity index is 0.949. The van der Waals surface area contributed by atoms with E-state index in [2.05, 4.69) is 290 Å². The third-order valence-corrected chi connectivity index (χ3v) is 17.4. The van der Waals surface area contributed by atoms with Crippen molar-refractivity contribution in [3.8, 4) is 61.3 Å². The van der Waals surface area contributed by atoms with Crippen molar-refractivity contribution in [1.29, 1.82) is 0 Å². The summed E-state index contributed by atoms with van der Waals surface area (Å²) in [5, 5.41) is 7.52. The molecule has 3 heteroatoms. The summed E-state index contributed by atoms with van der Waals surface area (Å²) in [6, 6.07) is 99.2. The predicted molar refractivity (Wildman–Crippen MR) is 325 cm³/mol. The number of nitrogens with zero attached hydrogens (tertiary/aromatic N) is 2. The lowest BCUT2D eigenvalue weighted by Gasteiger charge is -2.29. The fourth-order valence-corrected chi connectivity index (χ4v) is 13.6. The van der Waals surface area contributed by atoms with Crippen LogP contribution in [-0.2, 0) is 5.41 Å². The van der Waals surface area contributed by atoms with Gasteiger partial charge in [-0.2, -0.15) is 0 Å². The van der Waals surface area contributed by atoms with Gasteiger partial charge in [0.15, 0.2) is 0 Å². The lowest BCUT2D eigenvalue weighted by molar-refractivity contribution is 0.660. The van der Waals surface area contributed by atoms with Gasteiger partial charge in [0, 0.05) is 59.1 Å². The predicted octanol–water partition coefficient (Wildman–Crippen LogP) is 20.7. The second-order valence-corrected chi connectivity index (χ2v) is 21.9. The van der Waals surface area contributed by atoms with Crippen LogP contribution in [0.1, 0.15) is 25.0 Å². The molecule has 15 rings (SSSR count). The summed E-state index contributed by atoms with van der Waals surface area (Å²) in [4.78, 5) is 2.49. The van der Waals surface area contributed by atoms with E-state index in [1.165, 1.54) is 108 Å². The molecule has 0 unspecified atom stereocenters. The first-order chi connectivity index (χ1) is 37.4. The first kappa shape index (κ1) is 44.2. The van der Waals surface area contributed by atoms with Gasteiger partial charge >= 0.3 is 0 Å². The Bertz CT molecular complexity index is 4610. The molecule has 1 aliphatic carbocycles. The molecule has 0 N–H and O–H groups in total. The van der Waals surface area contributed by atoms with Crippen molar-refractivity contribution >= 4 is 81.1 Å². The first-order valence-electron chi connectivity index (χ1n) is 26.3. The number of rotatable bonds is 8. The third-order valence-electron chi connectivity index (χ3n) is 16.1. The standard InChI is InChI=1S/C73H50N2S/c1-73(2)67-27-11-8-22-61(67)62-38-37-58(46-68(62)73)74(56-35-32-49(33-36-56)52-31-30-48-18-6-7-19-50(48)40-52)59-43-54(41-55(44-59)60-25-15-26-65-64-24-10-13-29-71(64)76-72(60)65)53-34-39-70-66(45-53)63-23-9-12-28-69(63)75(70)57-21-14-20-51(42-57)47-16-4-3-5-17-47/h3-46H,1-2H3. The van der Waals surface area contributed by atoms with Crippen LogP contribution in [0.3, 0.4) is 0 Å². The molecule has 0 aliphatic heterocycles. The number of hydrogen-bond acceptors (Lipinski definition) is 2. The van der Waals surface area contributed by atoms with Crippen LogP contribution in [0.15, 0.2) is 267 Å². The van der Waals surface area contributed by atoms with Crippen LogP contribution in [0, 0.1) is 0 Å². The van der Waals surface area contributed by atoms with E-state index in [1.807, 2.05) is 11.3 Å². The zero-order valence-corrected chi connectivity index (χ0v) is 43.0. The summed E-state index contributed by atoms with van der Waals surface area (Å²) in [7, 11) is 0. The van der Waals surface area contributed by atoms with E-state index in [9.17, 15) is 0 Å². The van der Waals surface area contributed by atoms with E-state index in [0.29, 0.717) is 0 Å². The van der Waals surface area contributed by atoms with Gasteiger partial charge in [-0.05, 0) is 162 Å². The fourth-order valence-electron chi connectivity index (χ4n) is 12.4. The van der Waals surface area contributed by atoms with Crippen LogP contribution in [0.5, 0.6) is 0 Å². The Morgan fingerprint density at radius 2 is 0.947 bits per heavy atom. The van der Waals surface area contributed by atoms with Crippen LogP contribution >= 0.6 is 11.3 Å². The largest absolute Gasteiger partial charge is 0.310 e. The van der Waals surface area contributed by atoms with Crippen LogP contribution in [-0.4, -0.2) is 4.57 Å². The Labute approximate surface area is 446 Å². The summed E-state index contributed by atoms with van der Waals surface area (Å²) in [6.45, 7) is 4.75. The molecule has 12 aromatic carbocycles. The second-order valence-electron chi connectivity index (χ2n) is 20.9. The van der Waals surface area contributed by atoms with Gasteiger partial charge in [0.1, 0.15) is 0 Å². The van der Waals surface area contributed by atoms with Crippen molar-refractivity contribution in [3.05, 3.63) is 278 Å². The molecule has 2 aromatic heterocycles. The van der Waals surface area contributed by atoms with Crippen LogP contribution in [0.4, 0.5) is 17.1 Å². The van der Waals surface area contributed by atoms with Crippen molar-refractivity contribution in [2.24, 2.45) is 0 Å². The quantitative estimate of drug-likeness (QED) is 0.147. The Morgan fingerprint density at radius 3 is 1.84 bits per heavy atom. The fraction of sp³-hybridized carbons (Fsp3) is 0.0411. The van der Waals surface area contributed by atoms with E-state index >= 15 is 0 Å². The van der Waals surface area contributed by atoms with Gasteiger partial charge in [-0.25, -0.2) is 0 Å². The zero-order valence-electron chi connectivity index (χ0n) is 42.2. The summed E-state index contributed by atoms with van der Waals surface area (Å²) in [6.07, 6.45) is 0. The minimum absolute atomic E-state index is 0.172.